The van der Waals surface area contributed by atoms with E-state index in [9.17, 15) is 0 Å². The van der Waals surface area contributed by atoms with Gasteiger partial charge >= 0.3 is 0 Å². The molecule has 0 aromatic heterocycles. The Bertz CT molecular complexity index is 399. The van der Waals surface area contributed by atoms with Crippen molar-refractivity contribution in [2.45, 2.75) is 58.8 Å². The van der Waals surface area contributed by atoms with Gasteiger partial charge in [0.1, 0.15) is 0 Å². The van der Waals surface area contributed by atoms with Crippen molar-refractivity contribution in [3.63, 3.8) is 0 Å². The first-order valence-electron chi connectivity index (χ1n) is 6.64. The fourth-order valence-corrected chi connectivity index (χ4v) is 3.55. The van der Waals surface area contributed by atoms with Gasteiger partial charge in [0.2, 0.25) is 0 Å². The summed E-state index contributed by atoms with van der Waals surface area (Å²) in [5.41, 5.74) is 3.88. The summed E-state index contributed by atoms with van der Waals surface area (Å²) in [7, 11) is 0. The van der Waals surface area contributed by atoms with Crippen LogP contribution in [0.25, 0.3) is 0 Å². The van der Waals surface area contributed by atoms with Crippen LogP contribution in [0, 0.1) is 13.8 Å². The minimum Gasteiger partial charge on any atom is -0.382 e. The zero-order valence-corrected chi connectivity index (χ0v) is 13.2. The maximum Gasteiger partial charge on any atom is 0.0570 e. The molecule has 0 radical (unpaired) electrons. The molecule has 2 nitrogen and oxygen atoms in total. The number of hydrogen-bond acceptors (Lipinski definition) is 2. The number of nitrogens with one attached hydrogen (secondary N) is 1. The van der Waals surface area contributed by atoms with Crippen LogP contribution in [0.4, 0.5) is 5.69 Å². The van der Waals surface area contributed by atoms with Crippen LogP contribution in [0.1, 0.15) is 37.8 Å². The largest absolute Gasteiger partial charge is 0.382 e. The van der Waals surface area contributed by atoms with Crippen molar-refractivity contribution in [3.8, 4) is 0 Å². The molecule has 1 aliphatic rings. The Hall–Kier alpha value is -0.540. The Morgan fingerprint density at radius 1 is 1.11 bits per heavy atom. The molecule has 0 spiro atoms. The second-order valence-electron chi connectivity index (χ2n) is 5.48. The third-order valence-electron chi connectivity index (χ3n) is 3.54. The third kappa shape index (κ3) is 3.27. The highest BCUT2D eigenvalue weighted by Crippen LogP contribution is 2.29. The quantitative estimate of drug-likeness (QED) is 0.872. The number of hydrogen-bond donors (Lipinski definition) is 1. The summed E-state index contributed by atoms with van der Waals surface area (Å²) in [6.45, 7) is 8.63. The molecule has 1 saturated heterocycles. The molecule has 2 unspecified atom stereocenters. The first-order chi connectivity index (χ1) is 8.45. The Labute approximate surface area is 118 Å². The highest BCUT2D eigenvalue weighted by atomic mass is 79.9. The first-order valence-corrected chi connectivity index (χ1v) is 7.43. The molecule has 18 heavy (non-hydrogen) atoms. The van der Waals surface area contributed by atoms with E-state index in [4.69, 9.17) is 4.74 Å². The SMILES string of the molecule is Cc1cc(Br)cc(C)c1NC1CC(C)OC(C)C1. The van der Waals surface area contributed by atoms with E-state index in [2.05, 4.69) is 61.1 Å². The average molecular weight is 312 g/mol. The van der Waals surface area contributed by atoms with Gasteiger partial charge in [-0.3, -0.25) is 0 Å². The van der Waals surface area contributed by atoms with Crippen LogP contribution in [0.3, 0.4) is 0 Å². The van der Waals surface area contributed by atoms with Gasteiger partial charge in [0, 0.05) is 16.2 Å². The molecule has 100 valence electrons. The highest BCUT2D eigenvalue weighted by Gasteiger charge is 2.24. The fourth-order valence-electron chi connectivity index (χ4n) is 2.87. The van der Waals surface area contributed by atoms with E-state index in [1.807, 2.05) is 0 Å². The molecule has 3 heteroatoms. The van der Waals surface area contributed by atoms with Crippen molar-refractivity contribution in [1.29, 1.82) is 0 Å². The molecular formula is C15H22BrNO. The zero-order valence-electron chi connectivity index (χ0n) is 11.6. The number of anilines is 1. The molecule has 1 aromatic carbocycles. The fraction of sp³-hybridized carbons (Fsp3) is 0.600. The van der Waals surface area contributed by atoms with Crippen LogP contribution in [-0.2, 0) is 4.74 Å². The molecule has 0 amide bonds. The minimum atomic E-state index is 0.349. The lowest BCUT2D eigenvalue weighted by Crippen LogP contribution is -2.37. The Kier molecular flexibility index (Phi) is 4.33. The molecule has 1 fully saturated rings. The predicted octanol–water partition coefficient (Wildman–Crippen LogP) is 4.43. The molecule has 0 aliphatic carbocycles. The van der Waals surface area contributed by atoms with E-state index in [0.717, 1.165) is 17.3 Å². The standard InChI is InChI=1S/C15H22BrNO/c1-9-5-13(16)6-10(2)15(9)17-14-7-11(3)18-12(4)8-14/h5-6,11-12,14,17H,7-8H2,1-4H3. The van der Waals surface area contributed by atoms with Crippen LogP contribution < -0.4 is 5.32 Å². The normalized spacial score (nSPS) is 28.2. The summed E-state index contributed by atoms with van der Waals surface area (Å²) >= 11 is 3.54. The van der Waals surface area contributed by atoms with E-state index < -0.39 is 0 Å². The van der Waals surface area contributed by atoms with Gasteiger partial charge in [-0.25, -0.2) is 0 Å². The summed E-state index contributed by atoms with van der Waals surface area (Å²) in [6, 6.07) is 4.85. The number of benzene rings is 1. The van der Waals surface area contributed by atoms with Crippen molar-refractivity contribution in [2.75, 3.05) is 5.32 Å². The molecule has 2 rings (SSSR count). The van der Waals surface area contributed by atoms with Crippen molar-refractivity contribution in [3.05, 3.63) is 27.7 Å². The molecule has 0 saturated carbocycles. The van der Waals surface area contributed by atoms with Gasteiger partial charge in [0.15, 0.2) is 0 Å². The smallest absolute Gasteiger partial charge is 0.0570 e. The number of ether oxygens (including phenoxy) is 1. The topological polar surface area (TPSA) is 21.3 Å². The summed E-state index contributed by atoms with van der Waals surface area (Å²) < 4.78 is 6.94. The Morgan fingerprint density at radius 3 is 2.11 bits per heavy atom. The second kappa shape index (κ2) is 5.62. The zero-order chi connectivity index (χ0) is 13.3. The monoisotopic (exact) mass is 311 g/mol. The van der Waals surface area contributed by atoms with Gasteiger partial charge in [-0.1, -0.05) is 15.9 Å². The lowest BCUT2D eigenvalue weighted by molar-refractivity contribution is -0.0337. The van der Waals surface area contributed by atoms with Crippen LogP contribution in [0.2, 0.25) is 0 Å². The summed E-state index contributed by atoms with van der Waals surface area (Å²) in [6.07, 6.45) is 2.86. The lowest BCUT2D eigenvalue weighted by Gasteiger charge is -2.34. The van der Waals surface area contributed by atoms with Gasteiger partial charge in [0.25, 0.3) is 0 Å². The number of halogens is 1. The molecule has 2 atom stereocenters. The lowest BCUT2D eigenvalue weighted by atomic mass is 9.98. The molecule has 1 aliphatic heterocycles. The van der Waals surface area contributed by atoms with Gasteiger partial charge in [-0.15, -0.1) is 0 Å². The van der Waals surface area contributed by atoms with E-state index >= 15 is 0 Å². The number of rotatable bonds is 2. The van der Waals surface area contributed by atoms with Crippen molar-refractivity contribution >= 4 is 21.6 Å². The summed E-state index contributed by atoms with van der Waals surface area (Å²) in [5.74, 6) is 0. The molecular weight excluding hydrogens is 290 g/mol. The van der Waals surface area contributed by atoms with E-state index in [1.54, 1.807) is 0 Å². The van der Waals surface area contributed by atoms with Crippen LogP contribution in [-0.4, -0.2) is 18.2 Å². The summed E-state index contributed by atoms with van der Waals surface area (Å²) in [5, 5.41) is 3.70. The molecule has 1 N–H and O–H groups in total. The van der Waals surface area contributed by atoms with Gasteiger partial charge in [0.05, 0.1) is 12.2 Å². The van der Waals surface area contributed by atoms with E-state index in [0.29, 0.717) is 18.2 Å². The highest BCUT2D eigenvalue weighted by molar-refractivity contribution is 9.10. The molecule has 1 heterocycles. The Morgan fingerprint density at radius 2 is 1.61 bits per heavy atom. The maximum absolute atomic E-state index is 5.79. The molecule has 0 bridgehead atoms. The van der Waals surface area contributed by atoms with Gasteiger partial charge in [-0.05, 0) is 63.8 Å². The maximum atomic E-state index is 5.79. The molecule has 1 aromatic rings. The average Bonchev–Trinajstić information content (AvgIpc) is 2.22. The third-order valence-corrected chi connectivity index (χ3v) is 4.00. The van der Waals surface area contributed by atoms with E-state index in [-0.39, 0.29) is 0 Å². The van der Waals surface area contributed by atoms with Crippen molar-refractivity contribution in [1.82, 2.24) is 0 Å². The number of aryl methyl sites for hydroxylation is 2. The van der Waals surface area contributed by atoms with Gasteiger partial charge < -0.3 is 10.1 Å². The van der Waals surface area contributed by atoms with Crippen LogP contribution in [0.15, 0.2) is 16.6 Å². The van der Waals surface area contributed by atoms with Crippen LogP contribution >= 0.6 is 15.9 Å². The minimum absolute atomic E-state index is 0.349. The second-order valence-corrected chi connectivity index (χ2v) is 6.40. The van der Waals surface area contributed by atoms with Crippen LogP contribution in [0.5, 0.6) is 0 Å². The van der Waals surface area contributed by atoms with Crippen molar-refractivity contribution in [2.24, 2.45) is 0 Å². The van der Waals surface area contributed by atoms with Gasteiger partial charge in [-0.2, -0.15) is 0 Å². The predicted molar refractivity (Wildman–Crippen MR) is 80.3 cm³/mol. The van der Waals surface area contributed by atoms with E-state index in [1.165, 1.54) is 16.8 Å². The first kappa shape index (κ1) is 13.9. The Balaban J connectivity index is 2.14. The summed E-state index contributed by atoms with van der Waals surface area (Å²) in [4.78, 5) is 0. The van der Waals surface area contributed by atoms with Crippen molar-refractivity contribution < 1.29 is 4.74 Å².